The predicted molar refractivity (Wildman–Crippen MR) is 190 cm³/mol. The minimum Gasteiger partial charge on any atom is -0.458 e. The summed E-state index contributed by atoms with van der Waals surface area (Å²) in [6.07, 6.45) is -3.97. The van der Waals surface area contributed by atoms with Crippen LogP contribution in [-0.4, -0.2) is 131 Å². The largest absolute Gasteiger partial charge is 0.458 e. The SMILES string of the molecule is CC(=O)O[C@H]1[C@@H](OC(C)=O)[C@H](O[C@H]2CC[C@@]3(C)[C@H](CC[C@@H]4[C@@H]3CC[C@]3(C)[C@@H](C5=CC(=O)OC5)CC[C@]43O)C2)O[C@H](CO)[C@H]1O[C@@H]1OC[C@@H](O)[C@H](O)[C@H]1OC(C)=O. The van der Waals surface area contributed by atoms with Crippen molar-refractivity contribution in [1.29, 1.82) is 0 Å². The summed E-state index contributed by atoms with van der Waals surface area (Å²) in [5.74, 6) is -1.74. The molecule has 4 saturated carbocycles. The van der Waals surface area contributed by atoms with Crippen molar-refractivity contribution in [3.8, 4) is 0 Å². The van der Waals surface area contributed by atoms with Gasteiger partial charge in [0, 0.05) is 32.3 Å². The molecule has 4 aliphatic carbocycles. The number of hydrogen-bond acceptors (Lipinski definition) is 16. The lowest BCUT2D eigenvalue weighted by Gasteiger charge is -2.64. The molecule has 0 bridgehead atoms. The Morgan fingerprint density at radius 1 is 0.821 bits per heavy atom. The molecule has 7 rings (SSSR count). The van der Waals surface area contributed by atoms with Crippen LogP contribution < -0.4 is 0 Å². The van der Waals surface area contributed by atoms with Gasteiger partial charge in [-0.25, -0.2) is 4.79 Å². The lowest BCUT2D eigenvalue weighted by Crippen LogP contribution is -2.65. The first kappa shape index (κ1) is 41.5. The maximum absolute atomic E-state index is 12.6. The van der Waals surface area contributed by atoms with Crippen LogP contribution in [-0.2, 0) is 57.1 Å². The molecule has 0 radical (unpaired) electrons. The van der Waals surface area contributed by atoms with E-state index in [1.165, 1.54) is 6.92 Å². The van der Waals surface area contributed by atoms with Gasteiger partial charge in [-0.05, 0) is 92.4 Å². The average molecular weight is 795 g/mol. The Balaban J connectivity index is 1.07. The highest BCUT2D eigenvalue weighted by Crippen LogP contribution is 2.70. The van der Waals surface area contributed by atoms with Crippen molar-refractivity contribution in [1.82, 2.24) is 0 Å². The third kappa shape index (κ3) is 7.30. The van der Waals surface area contributed by atoms with Crippen LogP contribution in [0.15, 0.2) is 11.6 Å². The lowest BCUT2D eigenvalue weighted by molar-refractivity contribution is -0.356. The minimum absolute atomic E-state index is 0.0597. The van der Waals surface area contributed by atoms with E-state index >= 15 is 0 Å². The third-order valence-corrected chi connectivity index (χ3v) is 14.7. The lowest BCUT2D eigenvalue weighted by atomic mass is 9.43. The maximum atomic E-state index is 12.6. The van der Waals surface area contributed by atoms with E-state index in [2.05, 4.69) is 13.8 Å². The second kappa shape index (κ2) is 15.8. The van der Waals surface area contributed by atoms with E-state index in [0.717, 1.165) is 57.9 Å². The normalized spacial score (nSPS) is 47.4. The zero-order valence-corrected chi connectivity index (χ0v) is 32.8. The monoisotopic (exact) mass is 794 g/mol. The van der Waals surface area contributed by atoms with Gasteiger partial charge in [-0.15, -0.1) is 0 Å². The first-order valence-corrected chi connectivity index (χ1v) is 20.1. The van der Waals surface area contributed by atoms with Gasteiger partial charge < -0.3 is 58.3 Å². The molecular formula is C40H58O16. The van der Waals surface area contributed by atoms with Crippen LogP contribution in [0, 0.1) is 34.5 Å². The number of esters is 4. The number of hydrogen-bond donors (Lipinski definition) is 4. The van der Waals surface area contributed by atoms with E-state index in [4.69, 9.17) is 37.9 Å². The summed E-state index contributed by atoms with van der Waals surface area (Å²) in [6, 6.07) is 0. The molecule has 7 aliphatic rings. The van der Waals surface area contributed by atoms with Gasteiger partial charge in [0.15, 0.2) is 30.9 Å². The van der Waals surface area contributed by atoms with E-state index in [0.29, 0.717) is 31.8 Å². The Morgan fingerprint density at radius 3 is 2.18 bits per heavy atom. The van der Waals surface area contributed by atoms with Crippen molar-refractivity contribution in [3.63, 3.8) is 0 Å². The Labute approximate surface area is 326 Å². The molecule has 56 heavy (non-hydrogen) atoms. The summed E-state index contributed by atoms with van der Waals surface area (Å²) in [6.45, 7) is 7.30. The second-order valence-electron chi connectivity index (χ2n) is 17.6. The summed E-state index contributed by atoms with van der Waals surface area (Å²) >= 11 is 0. The zero-order valence-electron chi connectivity index (χ0n) is 32.8. The molecule has 0 spiro atoms. The van der Waals surface area contributed by atoms with E-state index < -0.39 is 85.4 Å². The predicted octanol–water partition coefficient (Wildman–Crippen LogP) is 1.60. The molecule has 16 heteroatoms. The van der Waals surface area contributed by atoms with Crippen molar-refractivity contribution in [2.75, 3.05) is 19.8 Å². The quantitative estimate of drug-likeness (QED) is 0.148. The first-order chi connectivity index (χ1) is 26.5. The molecule has 6 fully saturated rings. The summed E-state index contributed by atoms with van der Waals surface area (Å²) in [5.41, 5.74) is -0.235. The number of cyclic esters (lactones) is 1. The molecule has 0 aromatic rings. The van der Waals surface area contributed by atoms with Gasteiger partial charge in [0.05, 0.1) is 24.9 Å². The van der Waals surface area contributed by atoms with Crippen LogP contribution in [0.4, 0.5) is 0 Å². The molecule has 0 aromatic heterocycles. The maximum Gasteiger partial charge on any atom is 0.331 e. The van der Waals surface area contributed by atoms with Gasteiger partial charge >= 0.3 is 23.9 Å². The van der Waals surface area contributed by atoms with E-state index in [9.17, 15) is 39.6 Å². The second-order valence-corrected chi connectivity index (χ2v) is 17.6. The number of fused-ring (bicyclic) bond motifs is 5. The van der Waals surface area contributed by atoms with Gasteiger partial charge in [-0.2, -0.15) is 0 Å². The standard InChI is InChI=1S/C40H58O16/c1-19(42)51-33-31(47)28(45)18-50-36(33)56-32-29(16-41)55-37(35(53-21(3)44)34(32)52-20(2)43)54-24-8-11-38(4)23(15-24)6-7-27-26(38)9-12-39(5)25(10-13-40(27,39)48)22-14-30(46)49-17-22/h14,23-29,31-37,41,45,47-48H,6-13,15-18H2,1-5H3/t23-,24+,25-,26+,27-,28-,29-,31+,32-,33-,34-,35-,36+,37-,38+,39-,40+/m1/s1. The number of aliphatic hydroxyl groups is 4. The Morgan fingerprint density at radius 2 is 1.52 bits per heavy atom. The topological polar surface area (TPSA) is 223 Å². The van der Waals surface area contributed by atoms with Crippen LogP contribution >= 0.6 is 0 Å². The third-order valence-electron chi connectivity index (χ3n) is 14.7. The number of rotatable bonds is 9. The molecule has 3 aliphatic heterocycles. The van der Waals surface area contributed by atoms with Crippen LogP contribution in [0.3, 0.4) is 0 Å². The van der Waals surface area contributed by atoms with Gasteiger partial charge in [-0.1, -0.05) is 13.8 Å². The summed E-state index contributed by atoms with van der Waals surface area (Å²) < 4.78 is 46.5. The fourth-order valence-corrected chi connectivity index (χ4v) is 12.0. The smallest absolute Gasteiger partial charge is 0.331 e. The van der Waals surface area contributed by atoms with Crippen LogP contribution in [0.1, 0.15) is 92.4 Å². The molecule has 17 atom stereocenters. The van der Waals surface area contributed by atoms with Gasteiger partial charge in [0.1, 0.15) is 31.0 Å². The van der Waals surface area contributed by atoms with Crippen molar-refractivity contribution in [2.45, 2.75) is 159 Å². The molecule has 0 unspecified atom stereocenters. The van der Waals surface area contributed by atoms with Gasteiger partial charge in [0.25, 0.3) is 0 Å². The van der Waals surface area contributed by atoms with Crippen LogP contribution in [0.2, 0.25) is 0 Å². The van der Waals surface area contributed by atoms with E-state index in [-0.39, 0.29) is 47.3 Å². The fraction of sp³-hybridized carbons (Fsp3) is 0.850. The van der Waals surface area contributed by atoms with Crippen LogP contribution in [0.5, 0.6) is 0 Å². The number of carbonyl (C=O) groups excluding carboxylic acids is 4. The molecule has 0 aromatic carbocycles. The molecule has 16 nitrogen and oxygen atoms in total. The van der Waals surface area contributed by atoms with E-state index in [1.807, 2.05) is 0 Å². The molecule has 0 amide bonds. The van der Waals surface area contributed by atoms with Crippen molar-refractivity contribution < 1.29 is 77.5 Å². The van der Waals surface area contributed by atoms with Gasteiger partial charge in [0.2, 0.25) is 0 Å². The van der Waals surface area contributed by atoms with Crippen LogP contribution in [0.25, 0.3) is 0 Å². The number of ether oxygens (including phenoxy) is 8. The molecule has 314 valence electrons. The zero-order chi connectivity index (χ0) is 40.3. The fourth-order valence-electron chi connectivity index (χ4n) is 12.0. The highest BCUT2D eigenvalue weighted by atomic mass is 16.8. The van der Waals surface area contributed by atoms with Crippen molar-refractivity contribution in [3.05, 3.63) is 11.6 Å². The Hall–Kier alpha value is -2.70. The molecule has 3 heterocycles. The van der Waals surface area contributed by atoms with Crippen molar-refractivity contribution >= 4 is 23.9 Å². The van der Waals surface area contributed by atoms with Crippen molar-refractivity contribution in [2.24, 2.45) is 34.5 Å². The Bertz CT molecular complexity index is 1550. The molecule has 4 N–H and O–H groups in total. The average Bonchev–Trinajstić information content (AvgIpc) is 3.68. The number of aliphatic hydroxyl groups excluding tert-OH is 3. The highest BCUT2D eigenvalue weighted by molar-refractivity contribution is 5.85. The molecular weight excluding hydrogens is 736 g/mol. The minimum atomic E-state index is -1.58. The summed E-state index contributed by atoms with van der Waals surface area (Å²) in [7, 11) is 0. The van der Waals surface area contributed by atoms with E-state index in [1.54, 1.807) is 6.08 Å². The summed E-state index contributed by atoms with van der Waals surface area (Å²) in [4.78, 5) is 48.9. The molecule has 2 saturated heterocycles. The van der Waals surface area contributed by atoms with Gasteiger partial charge in [-0.3, -0.25) is 14.4 Å². The number of carbonyl (C=O) groups is 4. The Kier molecular flexibility index (Phi) is 11.7. The summed E-state index contributed by atoms with van der Waals surface area (Å²) in [5, 5.41) is 44.0. The first-order valence-electron chi connectivity index (χ1n) is 20.1. The highest BCUT2D eigenvalue weighted by Gasteiger charge is 2.68.